The summed E-state index contributed by atoms with van der Waals surface area (Å²) >= 11 is 3.59. The molecule has 0 spiro atoms. The average molecular weight is 311 g/mol. The van der Waals surface area contributed by atoms with Gasteiger partial charge >= 0.3 is 0 Å². The topological polar surface area (TPSA) is 29.3 Å². The van der Waals surface area contributed by atoms with Crippen LogP contribution in [-0.4, -0.2) is 19.1 Å². The molecule has 1 aliphatic carbocycles. The van der Waals surface area contributed by atoms with Gasteiger partial charge in [-0.15, -0.1) is 0 Å². The monoisotopic (exact) mass is 310 g/mol. The third-order valence-electron chi connectivity index (χ3n) is 3.32. The molecule has 2 rings (SSSR count). The number of nitrogens with zero attached hydrogens (tertiary/aromatic N) is 1. The second kappa shape index (κ2) is 6.07. The SMILES string of the molecule is CC(C)CN(c1cc(Br)ccc1CCN)C1CC1. The summed E-state index contributed by atoms with van der Waals surface area (Å²) < 4.78 is 1.16. The van der Waals surface area contributed by atoms with Gasteiger partial charge in [0.25, 0.3) is 0 Å². The van der Waals surface area contributed by atoms with Gasteiger partial charge < -0.3 is 10.6 Å². The quantitative estimate of drug-likeness (QED) is 0.870. The fourth-order valence-corrected chi connectivity index (χ4v) is 2.74. The first-order valence-electron chi connectivity index (χ1n) is 6.87. The fraction of sp³-hybridized carbons (Fsp3) is 0.600. The molecule has 1 fully saturated rings. The van der Waals surface area contributed by atoms with Crippen LogP contribution in [0.3, 0.4) is 0 Å². The highest BCUT2D eigenvalue weighted by Gasteiger charge is 2.30. The molecule has 100 valence electrons. The highest BCUT2D eigenvalue weighted by Crippen LogP contribution is 2.35. The second-order valence-electron chi connectivity index (χ2n) is 5.59. The van der Waals surface area contributed by atoms with Crippen molar-refractivity contribution < 1.29 is 0 Å². The van der Waals surface area contributed by atoms with E-state index in [2.05, 4.69) is 52.9 Å². The Bertz CT molecular complexity index is 399. The summed E-state index contributed by atoms with van der Waals surface area (Å²) in [5, 5.41) is 0. The van der Waals surface area contributed by atoms with E-state index in [0.29, 0.717) is 5.92 Å². The van der Waals surface area contributed by atoms with Gasteiger partial charge in [0, 0.05) is 22.7 Å². The van der Waals surface area contributed by atoms with Crippen LogP contribution in [0, 0.1) is 5.92 Å². The number of hydrogen-bond donors (Lipinski definition) is 1. The molecule has 0 aromatic heterocycles. The van der Waals surface area contributed by atoms with Gasteiger partial charge in [-0.3, -0.25) is 0 Å². The van der Waals surface area contributed by atoms with E-state index in [9.17, 15) is 0 Å². The molecule has 1 aromatic carbocycles. The summed E-state index contributed by atoms with van der Waals surface area (Å²) in [6.07, 6.45) is 3.63. The lowest BCUT2D eigenvalue weighted by atomic mass is 10.1. The summed E-state index contributed by atoms with van der Waals surface area (Å²) in [4.78, 5) is 2.58. The van der Waals surface area contributed by atoms with Gasteiger partial charge in [0.1, 0.15) is 0 Å². The first-order valence-corrected chi connectivity index (χ1v) is 7.66. The number of benzene rings is 1. The number of anilines is 1. The predicted octanol–water partition coefficient (Wildman–Crippen LogP) is 3.58. The Morgan fingerprint density at radius 1 is 1.39 bits per heavy atom. The molecule has 1 saturated carbocycles. The zero-order chi connectivity index (χ0) is 13.1. The number of hydrogen-bond acceptors (Lipinski definition) is 2. The molecule has 0 saturated heterocycles. The minimum absolute atomic E-state index is 0.690. The molecule has 18 heavy (non-hydrogen) atoms. The Balaban J connectivity index is 2.29. The Morgan fingerprint density at radius 2 is 2.11 bits per heavy atom. The van der Waals surface area contributed by atoms with Crippen molar-refractivity contribution in [2.75, 3.05) is 18.0 Å². The minimum atomic E-state index is 0.690. The van der Waals surface area contributed by atoms with E-state index in [1.54, 1.807) is 0 Å². The molecular formula is C15H23BrN2. The van der Waals surface area contributed by atoms with Crippen molar-refractivity contribution in [1.29, 1.82) is 0 Å². The van der Waals surface area contributed by atoms with Crippen LogP contribution in [0.5, 0.6) is 0 Å². The maximum atomic E-state index is 5.73. The van der Waals surface area contributed by atoms with E-state index in [-0.39, 0.29) is 0 Å². The molecule has 2 N–H and O–H groups in total. The molecule has 2 nitrogen and oxygen atoms in total. The molecule has 0 unspecified atom stereocenters. The highest BCUT2D eigenvalue weighted by atomic mass is 79.9. The van der Waals surface area contributed by atoms with Crippen molar-refractivity contribution >= 4 is 21.6 Å². The summed E-state index contributed by atoms with van der Waals surface area (Å²) in [5.74, 6) is 0.690. The largest absolute Gasteiger partial charge is 0.368 e. The van der Waals surface area contributed by atoms with Crippen LogP contribution in [-0.2, 0) is 6.42 Å². The second-order valence-corrected chi connectivity index (χ2v) is 6.50. The van der Waals surface area contributed by atoms with Crippen molar-refractivity contribution in [3.63, 3.8) is 0 Å². The molecule has 0 aliphatic heterocycles. The van der Waals surface area contributed by atoms with Crippen molar-refractivity contribution in [2.45, 2.75) is 39.2 Å². The molecule has 1 aliphatic rings. The van der Waals surface area contributed by atoms with E-state index < -0.39 is 0 Å². The van der Waals surface area contributed by atoms with Gasteiger partial charge in [-0.05, 0) is 49.4 Å². The normalized spacial score (nSPS) is 15.2. The maximum Gasteiger partial charge on any atom is 0.0413 e. The van der Waals surface area contributed by atoms with Gasteiger partial charge in [0.05, 0.1) is 0 Å². The maximum absolute atomic E-state index is 5.73. The zero-order valence-corrected chi connectivity index (χ0v) is 12.9. The van der Waals surface area contributed by atoms with Crippen molar-refractivity contribution in [1.82, 2.24) is 0 Å². The minimum Gasteiger partial charge on any atom is -0.368 e. The van der Waals surface area contributed by atoms with Gasteiger partial charge in [-0.25, -0.2) is 0 Å². The van der Waals surface area contributed by atoms with Crippen molar-refractivity contribution in [2.24, 2.45) is 11.7 Å². The van der Waals surface area contributed by atoms with Gasteiger partial charge in [0.2, 0.25) is 0 Å². The van der Waals surface area contributed by atoms with Crippen LogP contribution in [0.4, 0.5) is 5.69 Å². The van der Waals surface area contributed by atoms with Gasteiger partial charge in [0.15, 0.2) is 0 Å². The first kappa shape index (κ1) is 13.9. The van der Waals surface area contributed by atoms with Crippen LogP contribution in [0.2, 0.25) is 0 Å². The van der Waals surface area contributed by atoms with Crippen LogP contribution in [0.1, 0.15) is 32.3 Å². The van der Waals surface area contributed by atoms with Crippen molar-refractivity contribution in [3.05, 3.63) is 28.2 Å². The van der Waals surface area contributed by atoms with Crippen molar-refractivity contribution in [3.8, 4) is 0 Å². The third kappa shape index (κ3) is 3.48. The number of nitrogens with two attached hydrogens (primary N) is 1. The number of halogens is 1. The smallest absolute Gasteiger partial charge is 0.0413 e. The lowest BCUT2D eigenvalue weighted by Gasteiger charge is -2.29. The third-order valence-corrected chi connectivity index (χ3v) is 3.81. The molecule has 0 atom stereocenters. The lowest BCUT2D eigenvalue weighted by Crippen LogP contribution is -2.31. The molecule has 3 heteroatoms. The summed E-state index contributed by atoms with van der Waals surface area (Å²) in [6, 6.07) is 7.33. The molecule has 0 heterocycles. The van der Waals surface area contributed by atoms with Gasteiger partial charge in [-0.2, -0.15) is 0 Å². The van der Waals surface area contributed by atoms with Crippen LogP contribution >= 0.6 is 15.9 Å². The van der Waals surface area contributed by atoms with E-state index in [4.69, 9.17) is 5.73 Å². The molecule has 0 bridgehead atoms. The lowest BCUT2D eigenvalue weighted by molar-refractivity contribution is 0.605. The Hall–Kier alpha value is -0.540. The van der Waals surface area contributed by atoms with E-state index in [1.165, 1.54) is 24.1 Å². The summed E-state index contributed by atoms with van der Waals surface area (Å²) in [5.41, 5.74) is 8.49. The first-order chi connectivity index (χ1) is 8.61. The predicted molar refractivity (Wildman–Crippen MR) is 82.1 cm³/mol. The standard InChI is InChI=1S/C15H23BrN2/c1-11(2)10-18(14-5-6-14)15-9-13(16)4-3-12(15)7-8-17/h3-4,9,11,14H,5-8,10,17H2,1-2H3. The highest BCUT2D eigenvalue weighted by molar-refractivity contribution is 9.10. The Kier molecular flexibility index (Phi) is 4.68. The van der Waals surface area contributed by atoms with E-state index in [0.717, 1.165) is 30.0 Å². The average Bonchev–Trinajstić information content (AvgIpc) is 3.12. The van der Waals surface area contributed by atoms with Crippen LogP contribution < -0.4 is 10.6 Å². The zero-order valence-electron chi connectivity index (χ0n) is 11.3. The summed E-state index contributed by atoms with van der Waals surface area (Å²) in [6.45, 7) is 6.43. The van der Waals surface area contributed by atoms with E-state index >= 15 is 0 Å². The molecule has 0 radical (unpaired) electrons. The van der Waals surface area contributed by atoms with E-state index in [1.807, 2.05) is 0 Å². The molecule has 0 amide bonds. The van der Waals surface area contributed by atoms with Crippen LogP contribution in [0.15, 0.2) is 22.7 Å². The summed E-state index contributed by atoms with van der Waals surface area (Å²) in [7, 11) is 0. The fourth-order valence-electron chi connectivity index (χ4n) is 2.39. The molecule has 1 aromatic rings. The number of rotatable bonds is 6. The van der Waals surface area contributed by atoms with Crippen LogP contribution in [0.25, 0.3) is 0 Å². The van der Waals surface area contributed by atoms with Gasteiger partial charge in [-0.1, -0.05) is 35.8 Å². The Labute approximate surface area is 119 Å². The molecular weight excluding hydrogens is 288 g/mol. The Morgan fingerprint density at radius 3 is 2.67 bits per heavy atom.